The molecule has 0 unspecified atom stereocenters. The van der Waals surface area contributed by atoms with Gasteiger partial charge in [-0.05, 0) is 30.3 Å². The number of hydrogen-bond donors (Lipinski definition) is 1. The average Bonchev–Trinajstić information content (AvgIpc) is 2.68. The molecule has 2 aromatic rings. The van der Waals surface area contributed by atoms with Crippen LogP contribution in [0.4, 0.5) is 5.69 Å². The van der Waals surface area contributed by atoms with Gasteiger partial charge in [-0.1, -0.05) is 52.8 Å². The van der Waals surface area contributed by atoms with E-state index >= 15 is 0 Å². The first-order valence-corrected chi connectivity index (χ1v) is 12.3. The number of anilines is 1. The topological polar surface area (TPSA) is 75.7 Å². The summed E-state index contributed by atoms with van der Waals surface area (Å²) in [5.74, 6) is 1.01. The lowest BCUT2D eigenvalue weighted by atomic mass is 10.2. The molecular formula is C22H30N2O4S2. The molecule has 1 amide bonds. The van der Waals surface area contributed by atoms with Crippen LogP contribution in [0.5, 0.6) is 11.5 Å². The van der Waals surface area contributed by atoms with Crippen LogP contribution in [-0.2, 0) is 14.8 Å². The van der Waals surface area contributed by atoms with E-state index in [1.54, 1.807) is 32.0 Å². The number of carbonyl (C=O) groups excluding carboxylic acids is 1. The van der Waals surface area contributed by atoms with Gasteiger partial charge in [0.1, 0.15) is 5.75 Å². The van der Waals surface area contributed by atoms with Gasteiger partial charge in [0.05, 0.1) is 16.3 Å². The summed E-state index contributed by atoms with van der Waals surface area (Å²) in [5, 5.41) is 2.82. The molecule has 0 aliphatic carbocycles. The maximum Gasteiger partial charge on any atom is 0.243 e. The van der Waals surface area contributed by atoms with Gasteiger partial charge in [0.15, 0.2) is 5.75 Å². The van der Waals surface area contributed by atoms with Crippen LogP contribution in [0, 0.1) is 0 Å². The zero-order chi connectivity index (χ0) is 22.4. The number of nitrogens with one attached hydrogen (secondary N) is 1. The van der Waals surface area contributed by atoms with Crippen LogP contribution < -0.4 is 10.1 Å². The van der Waals surface area contributed by atoms with Crippen LogP contribution in [0.25, 0.3) is 0 Å². The lowest BCUT2D eigenvalue weighted by Crippen LogP contribution is -2.30. The SMILES string of the molecule is CCN(CC)S(=O)(=O)c1ccc(Oc2ccccc2)c(NC(=O)CSC(C)(C)C)c1. The van der Waals surface area contributed by atoms with E-state index in [1.165, 1.54) is 28.2 Å². The average molecular weight is 451 g/mol. The van der Waals surface area contributed by atoms with Crippen molar-refractivity contribution < 1.29 is 17.9 Å². The van der Waals surface area contributed by atoms with E-state index < -0.39 is 10.0 Å². The van der Waals surface area contributed by atoms with E-state index in [9.17, 15) is 13.2 Å². The third-order valence-corrected chi connectivity index (χ3v) is 7.49. The maximum atomic E-state index is 12.9. The molecule has 2 aromatic carbocycles. The first-order valence-electron chi connectivity index (χ1n) is 9.87. The summed E-state index contributed by atoms with van der Waals surface area (Å²) in [6.07, 6.45) is 0. The Balaban J connectivity index is 2.38. The number of rotatable bonds is 9. The number of ether oxygens (including phenoxy) is 1. The van der Waals surface area contributed by atoms with Gasteiger partial charge in [-0.3, -0.25) is 4.79 Å². The number of carbonyl (C=O) groups is 1. The minimum Gasteiger partial charge on any atom is -0.455 e. The molecule has 30 heavy (non-hydrogen) atoms. The fourth-order valence-electron chi connectivity index (χ4n) is 2.65. The quantitative estimate of drug-likeness (QED) is 0.583. The molecule has 0 aliphatic heterocycles. The van der Waals surface area contributed by atoms with Crippen molar-refractivity contribution in [3.63, 3.8) is 0 Å². The lowest BCUT2D eigenvalue weighted by molar-refractivity contribution is -0.113. The van der Waals surface area contributed by atoms with Gasteiger partial charge < -0.3 is 10.1 Å². The molecule has 8 heteroatoms. The number of benzene rings is 2. The summed E-state index contributed by atoms with van der Waals surface area (Å²) in [7, 11) is -3.66. The first-order chi connectivity index (χ1) is 14.1. The number of para-hydroxylation sites is 1. The molecule has 0 atom stereocenters. The summed E-state index contributed by atoms with van der Waals surface area (Å²) in [4.78, 5) is 12.6. The fraction of sp³-hybridized carbons (Fsp3) is 0.409. The van der Waals surface area contributed by atoms with Crippen LogP contribution >= 0.6 is 11.8 Å². The molecule has 0 fully saturated rings. The molecule has 2 rings (SSSR count). The molecule has 0 saturated carbocycles. The number of amides is 1. The van der Waals surface area contributed by atoms with Crippen LogP contribution in [-0.4, -0.2) is 42.2 Å². The van der Waals surface area contributed by atoms with Crippen molar-refractivity contribution in [1.29, 1.82) is 0 Å². The highest BCUT2D eigenvalue weighted by Gasteiger charge is 2.24. The zero-order valence-corrected chi connectivity index (χ0v) is 19.8. The van der Waals surface area contributed by atoms with Crippen molar-refractivity contribution in [2.75, 3.05) is 24.2 Å². The summed E-state index contributed by atoms with van der Waals surface area (Å²) in [6.45, 7) is 10.4. The Morgan fingerprint density at radius 3 is 2.27 bits per heavy atom. The first kappa shape index (κ1) is 24.2. The number of hydrogen-bond acceptors (Lipinski definition) is 5. The molecule has 164 valence electrons. The highest BCUT2D eigenvalue weighted by Crippen LogP contribution is 2.33. The predicted octanol–water partition coefficient (Wildman–Crippen LogP) is 4.98. The van der Waals surface area contributed by atoms with E-state index in [1.807, 2.05) is 39.0 Å². The lowest BCUT2D eigenvalue weighted by Gasteiger charge is -2.20. The summed E-state index contributed by atoms with van der Waals surface area (Å²) < 4.78 is 33.1. The second-order valence-electron chi connectivity index (χ2n) is 7.61. The predicted molar refractivity (Wildman–Crippen MR) is 124 cm³/mol. The molecular weight excluding hydrogens is 420 g/mol. The van der Waals surface area contributed by atoms with Crippen LogP contribution in [0.3, 0.4) is 0 Å². The van der Waals surface area contributed by atoms with Gasteiger partial charge in [0.25, 0.3) is 0 Å². The summed E-state index contributed by atoms with van der Waals surface area (Å²) in [5.41, 5.74) is 0.326. The number of thioether (sulfide) groups is 1. The Morgan fingerprint density at radius 1 is 1.07 bits per heavy atom. The van der Waals surface area contributed by atoms with Crippen molar-refractivity contribution in [1.82, 2.24) is 4.31 Å². The minimum atomic E-state index is -3.66. The van der Waals surface area contributed by atoms with E-state index in [0.717, 1.165) is 0 Å². The molecule has 0 heterocycles. The van der Waals surface area contributed by atoms with E-state index in [-0.39, 0.29) is 21.3 Å². The highest BCUT2D eigenvalue weighted by molar-refractivity contribution is 8.01. The standard InChI is InChI=1S/C22H30N2O4S2/c1-6-24(7-2)30(26,27)18-13-14-20(28-17-11-9-8-10-12-17)19(15-18)23-21(25)16-29-22(3,4)5/h8-15H,6-7,16H2,1-5H3,(H,23,25). The number of sulfonamides is 1. The third-order valence-electron chi connectivity index (χ3n) is 4.18. The largest absolute Gasteiger partial charge is 0.455 e. The molecule has 0 radical (unpaired) electrons. The van der Waals surface area contributed by atoms with Gasteiger partial charge in [-0.25, -0.2) is 8.42 Å². The van der Waals surface area contributed by atoms with Gasteiger partial charge in [-0.15, -0.1) is 11.8 Å². The van der Waals surface area contributed by atoms with Gasteiger partial charge >= 0.3 is 0 Å². The Kier molecular flexibility index (Phi) is 8.34. The van der Waals surface area contributed by atoms with Gasteiger partial charge in [-0.2, -0.15) is 4.31 Å². The summed E-state index contributed by atoms with van der Waals surface area (Å²) >= 11 is 1.51. The smallest absolute Gasteiger partial charge is 0.243 e. The van der Waals surface area contributed by atoms with E-state index in [0.29, 0.717) is 30.3 Å². The van der Waals surface area contributed by atoms with E-state index in [2.05, 4.69) is 5.32 Å². The van der Waals surface area contributed by atoms with Crippen molar-refractivity contribution in [2.24, 2.45) is 0 Å². The second kappa shape index (κ2) is 10.3. The van der Waals surface area contributed by atoms with Crippen LogP contribution in [0.15, 0.2) is 53.4 Å². The fourth-order valence-corrected chi connectivity index (χ4v) is 4.77. The number of nitrogens with zero attached hydrogens (tertiary/aromatic N) is 1. The molecule has 0 bridgehead atoms. The molecule has 6 nitrogen and oxygen atoms in total. The Morgan fingerprint density at radius 2 is 1.70 bits per heavy atom. The van der Waals surface area contributed by atoms with Crippen molar-refractivity contribution in [3.05, 3.63) is 48.5 Å². The summed E-state index contributed by atoms with van der Waals surface area (Å²) in [6, 6.07) is 13.7. The highest BCUT2D eigenvalue weighted by atomic mass is 32.2. The van der Waals surface area contributed by atoms with Crippen molar-refractivity contribution in [2.45, 2.75) is 44.3 Å². The molecule has 1 N–H and O–H groups in total. The minimum absolute atomic E-state index is 0.0609. The van der Waals surface area contributed by atoms with Gasteiger partial charge in [0.2, 0.25) is 15.9 Å². The normalized spacial score (nSPS) is 12.1. The Labute approximate surface area is 184 Å². The second-order valence-corrected chi connectivity index (χ2v) is 11.4. The third kappa shape index (κ3) is 6.75. The molecule has 0 saturated heterocycles. The van der Waals surface area contributed by atoms with Gasteiger partial charge in [0, 0.05) is 17.8 Å². The van der Waals surface area contributed by atoms with Crippen LogP contribution in [0.1, 0.15) is 34.6 Å². The molecule has 0 aliphatic rings. The van der Waals surface area contributed by atoms with E-state index in [4.69, 9.17) is 4.74 Å². The monoisotopic (exact) mass is 450 g/mol. The Hall–Kier alpha value is -2.03. The van der Waals surface area contributed by atoms with Crippen molar-refractivity contribution >= 4 is 33.4 Å². The van der Waals surface area contributed by atoms with Crippen LogP contribution in [0.2, 0.25) is 0 Å². The van der Waals surface area contributed by atoms with Crippen molar-refractivity contribution in [3.8, 4) is 11.5 Å². The molecule has 0 spiro atoms. The Bertz CT molecular complexity index is 951. The zero-order valence-electron chi connectivity index (χ0n) is 18.1. The maximum absolute atomic E-state index is 12.9. The molecule has 0 aromatic heterocycles.